The molecule has 1 saturated carbocycles. The summed E-state index contributed by atoms with van der Waals surface area (Å²) in [4.78, 5) is 11.9. The van der Waals surface area contributed by atoms with Crippen molar-refractivity contribution in [2.24, 2.45) is 11.3 Å². The molecule has 0 aromatic rings. The van der Waals surface area contributed by atoms with Gasteiger partial charge in [-0.25, -0.2) is 8.42 Å². The number of amides is 1. The molecule has 96 valence electrons. The number of nitriles is 1. The maximum atomic E-state index is 11.9. The van der Waals surface area contributed by atoms with Crippen LogP contribution < -0.4 is 5.32 Å². The fourth-order valence-electron chi connectivity index (χ4n) is 2.32. The normalized spacial score (nSPS) is 29.9. The van der Waals surface area contributed by atoms with Crippen LogP contribution in [-0.2, 0) is 14.6 Å². The van der Waals surface area contributed by atoms with Gasteiger partial charge >= 0.3 is 0 Å². The number of hydrogen-bond acceptors (Lipinski definition) is 4. The molecule has 5 nitrogen and oxygen atoms in total. The fourth-order valence-corrected chi connectivity index (χ4v) is 3.31. The van der Waals surface area contributed by atoms with Crippen LogP contribution in [0, 0.1) is 22.7 Å². The number of sulfone groups is 1. The van der Waals surface area contributed by atoms with Gasteiger partial charge in [0.05, 0.1) is 11.8 Å². The van der Waals surface area contributed by atoms with E-state index in [4.69, 9.17) is 5.26 Å². The predicted octanol–water partition coefficient (Wildman–Crippen LogP) is 0.476. The molecule has 0 saturated heterocycles. The molecule has 1 atom stereocenters. The Labute approximate surface area is 102 Å². The van der Waals surface area contributed by atoms with Crippen molar-refractivity contribution in [3.63, 3.8) is 0 Å². The van der Waals surface area contributed by atoms with Crippen LogP contribution in [0.3, 0.4) is 0 Å². The molecule has 17 heavy (non-hydrogen) atoms. The summed E-state index contributed by atoms with van der Waals surface area (Å²) < 4.78 is 22.1. The number of carbonyl (C=O) groups excluding carboxylic acids is 1. The van der Waals surface area contributed by atoms with Crippen LogP contribution in [0.15, 0.2) is 0 Å². The van der Waals surface area contributed by atoms with Gasteiger partial charge in [0, 0.05) is 12.3 Å². The number of nitrogens with one attached hydrogen (secondary N) is 1. The van der Waals surface area contributed by atoms with Crippen LogP contribution in [0.1, 0.15) is 26.7 Å². The second-order valence-corrected chi connectivity index (χ2v) is 7.36. The third-order valence-electron chi connectivity index (χ3n) is 2.97. The second-order valence-electron chi connectivity index (χ2n) is 5.17. The maximum absolute atomic E-state index is 11.9. The van der Waals surface area contributed by atoms with Crippen molar-refractivity contribution in [3.8, 4) is 6.07 Å². The van der Waals surface area contributed by atoms with Gasteiger partial charge in [0.25, 0.3) is 0 Å². The Bertz CT molecular complexity index is 444. The van der Waals surface area contributed by atoms with E-state index in [2.05, 4.69) is 11.4 Å². The van der Waals surface area contributed by atoms with Gasteiger partial charge in [-0.3, -0.25) is 4.79 Å². The highest BCUT2D eigenvalue weighted by Crippen LogP contribution is 2.45. The molecular formula is C11H18N2O3S. The molecule has 0 aliphatic heterocycles. The van der Waals surface area contributed by atoms with Crippen molar-refractivity contribution >= 4 is 15.7 Å². The Morgan fingerprint density at radius 1 is 1.59 bits per heavy atom. The minimum Gasteiger partial charge on any atom is -0.351 e. The van der Waals surface area contributed by atoms with Crippen LogP contribution in [0.5, 0.6) is 0 Å². The van der Waals surface area contributed by atoms with Crippen molar-refractivity contribution < 1.29 is 13.2 Å². The van der Waals surface area contributed by atoms with E-state index in [0.29, 0.717) is 18.8 Å². The lowest BCUT2D eigenvalue weighted by atomic mass is 9.63. The molecule has 1 N–H and O–H groups in total. The lowest BCUT2D eigenvalue weighted by Crippen LogP contribution is -2.51. The highest BCUT2D eigenvalue weighted by atomic mass is 32.2. The molecule has 0 aromatic heterocycles. The van der Waals surface area contributed by atoms with Gasteiger partial charge in [-0.15, -0.1) is 0 Å². The summed E-state index contributed by atoms with van der Waals surface area (Å²) in [5.41, 5.74) is -0.939. The molecule has 0 spiro atoms. The second kappa shape index (κ2) is 4.65. The molecule has 0 aromatic carbocycles. The van der Waals surface area contributed by atoms with Crippen molar-refractivity contribution in [2.45, 2.75) is 32.7 Å². The Morgan fingerprint density at radius 3 is 2.47 bits per heavy atom. The zero-order valence-electron chi connectivity index (χ0n) is 10.4. The Hall–Kier alpha value is -1.09. The zero-order valence-corrected chi connectivity index (χ0v) is 11.2. The third kappa shape index (κ3) is 3.43. The summed E-state index contributed by atoms with van der Waals surface area (Å²) in [7, 11) is -3.12. The first kappa shape index (κ1) is 14.0. The molecule has 1 aliphatic rings. The van der Waals surface area contributed by atoms with Gasteiger partial charge in [0.1, 0.15) is 15.3 Å². The van der Waals surface area contributed by atoms with Crippen LogP contribution in [0.25, 0.3) is 0 Å². The first-order valence-corrected chi connectivity index (χ1v) is 7.64. The highest BCUT2D eigenvalue weighted by Gasteiger charge is 2.49. The van der Waals surface area contributed by atoms with Crippen molar-refractivity contribution in [2.75, 3.05) is 12.0 Å². The quantitative estimate of drug-likeness (QED) is 0.794. The molecule has 6 heteroatoms. The van der Waals surface area contributed by atoms with E-state index in [1.807, 2.05) is 6.92 Å². The first-order chi connectivity index (χ1) is 7.68. The summed E-state index contributed by atoms with van der Waals surface area (Å²) in [5.74, 6) is -0.0598. The average Bonchev–Trinajstić information content (AvgIpc) is 2.08. The smallest absolute Gasteiger partial charge is 0.240 e. The number of nitrogens with zero attached hydrogens (tertiary/aromatic N) is 1. The predicted molar refractivity (Wildman–Crippen MR) is 63.8 cm³/mol. The zero-order chi connectivity index (χ0) is 13.3. The topological polar surface area (TPSA) is 87.0 Å². The lowest BCUT2D eigenvalue weighted by Gasteiger charge is -2.39. The van der Waals surface area contributed by atoms with Gasteiger partial charge in [-0.1, -0.05) is 6.92 Å². The standard InChI is InChI=1S/C11H18N2O3S/c1-8-4-11(5-8,7-12)10(14)13-9(2)6-17(3,15)16/h8-9H,4-6H2,1-3H3,(H,13,14). The van der Waals surface area contributed by atoms with Crippen molar-refractivity contribution in [1.82, 2.24) is 5.32 Å². The van der Waals surface area contributed by atoms with Gasteiger partial charge in [-0.05, 0) is 25.7 Å². The highest BCUT2D eigenvalue weighted by molar-refractivity contribution is 7.90. The van der Waals surface area contributed by atoms with E-state index < -0.39 is 21.3 Å². The first-order valence-electron chi connectivity index (χ1n) is 5.58. The number of hydrogen-bond donors (Lipinski definition) is 1. The van der Waals surface area contributed by atoms with Crippen LogP contribution in [-0.4, -0.2) is 32.4 Å². The maximum Gasteiger partial charge on any atom is 0.240 e. The Balaban J connectivity index is 2.58. The van der Waals surface area contributed by atoms with Gasteiger partial charge in [0.15, 0.2) is 0 Å². The number of rotatable bonds is 4. The molecular weight excluding hydrogens is 240 g/mol. The summed E-state index contributed by atoms with van der Waals surface area (Å²) >= 11 is 0. The van der Waals surface area contributed by atoms with E-state index in [0.717, 1.165) is 6.26 Å². The molecule has 0 heterocycles. The van der Waals surface area contributed by atoms with Gasteiger partial charge < -0.3 is 5.32 Å². The third-order valence-corrected chi connectivity index (χ3v) is 4.08. The molecule has 1 aliphatic carbocycles. The minimum atomic E-state index is -3.12. The van der Waals surface area contributed by atoms with Gasteiger partial charge in [0.2, 0.25) is 5.91 Å². The van der Waals surface area contributed by atoms with E-state index >= 15 is 0 Å². The molecule has 1 fully saturated rings. The van der Waals surface area contributed by atoms with E-state index in [1.54, 1.807) is 6.92 Å². The summed E-state index contributed by atoms with van der Waals surface area (Å²) in [6.07, 6.45) is 2.24. The van der Waals surface area contributed by atoms with Crippen LogP contribution >= 0.6 is 0 Å². The average molecular weight is 258 g/mol. The summed E-state index contributed by atoms with van der Waals surface area (Å²) in [5, 5.41) is 11.7. The molecule has 1 amide bonds. The Kier molecular flexibility index (Phi) is 3.82. The van der Waals surface area contributed by atoms with Crippen molar-refractivity contribution in [3.05, 3.63) is 0 Å². The summed E-state index contributed by atoms with van der Waals surface area (Å²) in [6.45, 7) is 3.62. The molecule has 1 unspecified atom stereocenters. The number of carbonyl (C=O) groups is 1. The minimum absolute atomic E-state index is 0.101. The van der Waals surface area contributed by atoms with Crippen LogP contribution in [0.2, 0.25) is 0 Å². The molecule has 0 bridgehead atoms. The lowest BCUT2D eigenvalue weighted by molar-refractivity contribution is -0.134. The van der Waals surface area contributed by atoms with E-state index in [-0.39, 0.29) is 11.7 Å². The SMILES string of the molecule is CC1CC(C#N)(C(=O)NC(C)CS(C)(=O)=O)C1. The fraction of sp³-hybridized carbons (Fsp3) is 0.818. The largest absolute Gasteiger partial charge is 0.351 e. The molecule has 0 radical (unpaired) electrons. The summed E-state index contributed by atoms with van der Waals surface area (Å²) in [6, 6.07) is 1.59. The van der Waals surface area contributed by atoms with E-state index in [9.17, 15) is 13.2 Å². The van der Waals surface area contributed by atoms with Crippen LogP contribution in [0.4, 0.5) is 0 Å². The van der Waals surface area contributed by atoms with Gasteiger partial charge in [-0.2, -0.15) is 5.26 Å². The van der Waals surface area contributed by atoms with Crippen molar-refractivity contribution in [1.29, 1.82) is 5.26 Å². The Morgan fingerprint density at radius 2 is 2.12 bits per heavy atom. The molecule has 1 rings (SSSR count). The van der Waals surface area contributed by atoms with E-state index in [1.165, 1.54) is 0 Å². The monoisotopic (exact) mass is 258 g/mol.